The van der Waals surface area contributed by atoms with Gasteiger partial charge in [0.2, 0.25) is 0 Å². The van der Waals surface area contributed by atoms with Crippen molar-refractivity contribution in [1.82, 2.24) is 9.80 Å². The van der Waals surface area contributed by atoms with Crippen molar-refractivity contribution in [2.24, 2.45) is 0 Å². The molecular weight excluding hydrogens is 835 g/mol. The number of anilines is 2. The Kier molecular flexibility index (Phi) is 12.1. The van der Waals surface area contributed by atoms with Gasteiger partial charge >= 0.3 is 11.9 Å². The smallest absolute Gasteiger partial charge is 0.331 e. The maximum atomic E-state index is 14.3. The summed E-state index contributed by atoms with van der Waals surface area (Å²) in [4.78, 5) is 36.3. The number of rotatable bonds is 8. The first-order valence-electron chi connectivity index (χ1n) is 23.8. The largest absolute Gasteiger partial charge is 0.454 e. The van der Waals surface area contributed by atoms with E-state index in [0.29, 0.717) is 12.1 Å². The zero-order chi connectivity index (χ0) is 45.4. The molecule has 10 rings (SSSR count). The van der Waals surface area contributed by atoms with E-state index in [9.17, 15) is 18.4 Å². The van der Waals surface area contributed by atoms with Crippen LogP contribution in [0.25, 0.3) is 0 Å². The molecule has 0 radical (unpaired) electrons. The van der Waals surface area contributed by atoms with Crippen LogP contribution in [-0.4, -0.2) is 86.2 Å². The second kappa shape index (κ2) is 18.3. The summed E-state index contributed by atoms with van der Waals surface area (Å²) < 4.78 is 40.9. The zero-order valence-electron chi connectivity index (χ0n) is 37.3. The van der Waals surface area contributed by atoms with Crippen molar-refractivity contribution >= 4 is 23.3 Å². The number of nitrogens with zero attached hydrogens (tertiary/aromatic N) is 6. The molecule has 0 aromatic heterocycles. The van der Waals surface area contributed by atoms with Crippen LogP contribution in [-0.2, 0) is 29.9 Å². The molecule has 4 aromatic carbocycles. The molecule has 0 bridgehead atoms. The minimum Gasteiger partial charge on any atom is -0.454 e. The molecule has 2 saturated carbocycles. The van der Waals surface area contributed by atoms with Gasteiger partial charge in [-0.15, -0.1) is 0 Å². The highest BCUT2D eigenvalue weighted by Crippen LogP contribution is 2.56. The third-order valence-electron chi connectivity index (χ3n) is 16.1. The van der Waals surface area contributed by atoms with E-state index in [1.165, 1.54) is 35.4 Å². The van der Waals surface area contributed by atoms with E-state index in [-0.39, 0.29) is 22.0 Å². The molecule has 2 atom stereocenters. The minimum atomic E-state index is -0.552. The molecule has 6 aliphatic rings. The maximum Gasteiger partial charge on any atom is 0.331 e. The average Bonchev–Trinajstić information content (AvgIpc) is 3.81. The van der Waals surface area contributed by atoms with Crippen LogP contribution in [0.2, 0.25) is 0 Å². The van der Waals surface area contributed by atoms with Crippen LogP contribution in [0.3, 0.4) is 0 Å². The van der Waals surface area contributed by atoms with Gasteiger partial charge in [-0.05, 0) is 134 Å². The van der Waals surface area contributed by atoms with E-state index >= 15 is 0 Å². The lowest BCUT2D eigenvalue weighted by Gasteiger charge is -2.45. The Morgan fingerprint density at radius 2 is 0.939 bits per heavy atom. The van der Waals surface area contributed by atoms with E-state index in [4.69, 9.17) is 20.0 Å². The van der Waals surface area contributed by atoms with Crippen molar-refractivity contribution in [1.29, 1.82) is 10.5 Å². The summed E-state index contributed by atoms with van der Waals surface area (Å²) >= 11 is 0. The normalized spacial score (nSPS) is 27.6. The number of hydrogen-bond acceptors (Lipinski definition) is 10. The number of esters is 2. The molecule has 4 aliphatic carbocycles. The number of hydrogen-bond donors (Lipinski definition) is 0. The number of benzene rings is 4. The third kappa shape index (κ3) is 8.46. The second-order valence-corrected chi connectivity index (χ2v) is 19.4. The molecular formula is C54H56F2N6O4. The van der Waals surface area contributed by atoms with Crippen LogP contribution in [0.1, 0.15) is 110 Å². The summed E-state index contributed by atoms with van der Waals surface area (Å²) in [6.45, 7) is 6.81. The van der Waals surface area contributed by atoms with Crippen molar-refractivity contribution in [2.75, 3.05) is 62.2 Å². The fourth-order valence-electron chi connectivity index (χ4n) is 12.6. The molecule has 66 heavy (non-hydrogen) atoms. The highest BCUT2D eigenvalue weighted by molar-refractivity contribution is 5.92. The Hall–Kier alpha value is -6.08. The highest BCUT2D eigenvalue weighted by atomic mass is 19.1. The van der Waals surface area contributed by atoms with Crippen molar-refractivity contribution in [3.05, 3.63) is 142 Å². The lowest BCUT2D eigenvalue weighted by atomic mass is 9.68. The second-order valence-electron chi connectivity index (χ2n) is 19.4. The van der Waals surface area contributed by atoms with Gasteiger partial charge in [0.1, 0.15) is 36.0 Å². The van der Waals surface area contributed by atoms with Gasteiger partial charge in [-0.25, -0.2) is 18.4 Å². The first-order chi connectivity index (χ1) is 32.1. The minimum absolute atomic E-state index is 0.0671. The molecule has 12 heteroatoms. The van der Waals surface area contributed by atoms with Gasteiger partial charge in [0.05, 0.1) is 11.1 Å². The Morgan fingerprint density at radius 1 is 0.561 bits per heavy atom. The number of fused-ring (bicyclic) bond motifs is 4. The highest BCUT2D eigenvalue weighted by Gasteiger charge is 2.49. The Labute approximate surface area is 386 Å². The van der Waals surface area contributed by atoms with E-state index in [0.717, 1.165) is 139 Å². The Balaban J connectivity index is 0.705. The number of ether oxygens (including phenoxy) is 2. The number of piperazine rings is 2. The fraction of sp³-hybridized carbons (Fsp3) is 0.444. The average molecular weight is 891 g/mol. The molecule has 4 fully saturated rings. The van der Waals surface area contributed by atoms with Crippen LogP contribution in [0.4, 0.5) is 20.2 Å². The van der Waals surface area contributed by atoms with Crippen LogP contribution in [0.15, 0.2) is 97.1 Å². The van der Waals surface area contributed by atoms with Crippen molar-refractivity contribution in [3.8, 4) is 12.1 Å². The number of carbonyl (C=O) groups excluding carboxylic acids is 2. The molecule has 340 valence electrons. The summed E-state index contributed by atoms with van der Waals surface area (Å²) in [5, 5.41) is 18.2. The maximum absolute atomic E-state index is 14.3. The lowest BCUT2D eigenvalue weighted by Crippen LogP contribution is -2.52. The first kappa shape index (κ1) is 43.8. The Morgan fingerprint density at radius 3 is 1.30 bits per heavy atom. The van der Waals surface area contributed by atoms with Gasteiger partial charge in [0, 0.05) is 88.0 Å². The van der Waals surface area contributed by atoms with Crippen LogP contribution in [0.5, 0.6) is 0 Å². The quantitative estimate of drug-likeness (QED) is 0.126. The molecule has 2 saturated heterocycles. The fourth-order valence-corrected chi connectivity index (χ4v) is 12.6. The first-order valence-corrected chi connectivity index (χ1v) is 23.8. The number of nitriles is 2. The summed E-state index contributed by atoms with van der Waals surface area (Å²) in [5.74, 6) is -2.06. The molecule has 2 unspecified atom stereocenters. The predicted octanol–water partition coefficient (Wildman–Crippen LogP) is 8.95. The van der Waals surface area contributed by atoms with Crippen molar-refractivity contribution in [2.45, 2.75) is 99.3 Å². The topological polar surface area (TPSA) is 113 Å². The van der Waals surface area contributed by atoms with Gasteiger partial charge in [-0.3, -0.25) is 9.80 Å². The summed E-state index contributed by atoms with van der Waals surface area (Å²) in [6, 6.07) is 31.1. The lowest BCUT2D eigenvalue weighted by molar-refractivity contribution is -0.146. The number of carbonyl (C=O) groups is 2. The third-order valence-corrected chi connectivity index (χ3v) is 16.1. The van der Waals surface area contributed by atoms with E-state index in [2.05, 4.69) is 56.0 Å². The van der Waals surface area contributed by atoms with Crippen LogP contribution in [0, 0.1) is 34.3 Å². The standard InChI is InChI=1S/C54H56F2N6O4/c55-47-31-41(11-9-37(47)35-57)61-27-23-59(24-28-61)39-15-19-53(20-16-39)33-49(43-5-1-3-7-45(43)53)65-51(63)13-14-52(64)66-50-34-54(46-8-4-2-6-44(46)50)21-17-40(18-22-54)60-25-29-62(30-26-60)42-12-10-38(36-58)48(56)32-42/h1-14,31-32,39-40,49-50H,15-30,33-34H2/b14-13-. The molecule has 0 N–H and O–H groups in total. The molecule has 4 aromatic rings. The van der Waals surface area contributed by atoms with Gasteiger partial charge in [-0.2, -0.15) is 10.5 Å². The molecule has 2 heterocycles. The summed E-state index contributed by atoms with van der Waals surface area (Å²) in [7, 11) is 0. The molecule has 2 aliphatic heterocycles. The van der Waals surface area contributed by atoms with E-state index in [1.807, 2.05) is 36.4 Å². The van der Waals surface area contributed by atoms with Crippen molar-refractivity contribution < 1.29 is 27.8 Å². The monoisotopic (exact) mass is 890 g/mol. The zero-order valence-corrected chi connectivity index (χ0v) is 37.3. The summed E-state index contributed by atoms with van der Waals surface area (Å²) in [5.41, 5.74) is 6.25. The van der Waals surface area contributed by atoms with Crippen LogP contribution < -0.4 is 9.80 Å². The van der Waals surface area contributed by atoms with Crippen molar-refractivity contribution in [3.63, 3.8) is 0 Å². The molecule has 2 spiro atoms. The van der Waals surface area contributed by atoms with Gasteiger partial charge < -0.3 is 19.3 Å². The van der Waals surface area contributed by atoms with Gasteiger partial charge in [-0.1, -0.05) is 48.5 Å². The van der Waals surface area contributed by atoms with Crippen LogP contribution >= 0.6 is 0 Å². The number of halogens is 2. The predicted molar refractivity (Wildman–Crippen MR) is 247 cm³/mol. The SMILES string of the molecule is N#Cc1ccc(N2CCN(C3CCC4(CC3)CC(OC(=O)/C=C\C(=O)OC3CC5(CCC(N6CCN(c7ccc(C#N)c(F)c7)CC6)CC5)c5ccccc53)c3ccccc34)CC2)cc1F. The summed E-state index contributed by atoms with van der Waals surface area (Å²) in [6.07, 6.45) is 11.3. The Bertz CT molecular complexity index is 2410. The van der Waals surface area contributed by atoms with E-state index < -0.39 is 35.8 Å². The van der Waals surface area contributed by atoms with E-state index in [1.54, 1.807) is 12.1 Å². The molecule has 10 nitrogen and oxygen atoms in total. The molecule has 0 amide bonds. The van der Waals surface area contributed by atoms with Gasteiger partial charge in [0.15, 0.2) is 0 Å². The van der Waals surface area contributed by atoms with Gasteiger partial charge in [0.25, 0.3) is 0 Å².